The van der Waals surface area contributed by atoms with E-state index in [0.29, 0.717) is 6.04 Å². The van der Waals surface area contributed by atoms with Crippen LogP contribution in [0.1, 0.15) is 46.5 Å². The number of likely N-dealkylation sites (N-methyl/N-ethyl adjacent to an activating group) is 1. The third-order valence-electron chi connectivity index (χ3n) is 3.18. The molecule has 4 nitrogen and oxygen atoms in total. The molecule has 0 saturated heterocycles. The van der Waals surface area contributed by atoms with E-state index in [1.165, 1.54) is 12.8 Å². The first-order valence-corrected chi connectivity index (χ1v) is 6.94. The maximum atomic E-state index is 12.2. The highest BCUT2D eigenvalue weighted by molar-refractivity contribution is 5.68. The number of carbonyl (C=O) groups excluding carboxylic acids is 1. The van der Waals surface area contributed by atoms with Crippen molar-refractivity contribution in [3.8, 4) is 0 Å². The Bertz CT molecular complexity index is 265. The van der Waals surface area contributed by atoms with Crippen LogP contribution in [-0.2, 0) is 4.74 Å². The Morgan fingerprint density at radius 2 is 1.72 bits per heavy atom. The van der Waals surface area contributed by atoms with Gasteiger partial charge < -0.3 is 14.5 Å². The van der Waals surface area contributed by atoms with E-state index in [1.54, 1.807) is 0 Å². The molecule has 0 N–H and O–H groups in total. The molecule has 4 heteroatoms. The summed E-state index contributed by atoms with van der Waals surface area (Å²) < 4.78 is 5.51. The highest BCUT2D eigenvalue weighted by atomic mass is 16.6. The summed E-state index contributed by atoms with van der Waals surface area (Å²) in [7, 11) is 4.06. The molecule has 1 fully saturated rings. The summed E-state index contributed by atoms with van der Waals surface area (Å²) >= 11 is 0. The molecule has 0 unspecified atom stereocenters. The van der Waals surface area contributed by atoms with Gasteiger partial charge in [0.1, 0.15) is 5.60 Å². The van der Waals surface area contributed by atoms with Gasteiger partial charge in [-0.25, -0.2) is 4.79 Å². The molecular formula is C14H28N2O2. The van der Waals surface area contributed by atoms with Crippen molar-refractivity contribution < 1.29 is 9.53 Å². The molecule has 1 rings (SSSR count). The van der Waals surface area contributed by atoms with Crippen molar-refractivity contribution in [1.82, 2.24) is 9.80 Å². The molecule has 1 aliphatic rings. The fourth-order valence-corrected chi connectivity index (χ4v) is 2.27. The minimum atomic E-state index is -0.411. The predicted octanol–water partition coefficient (Wildman–Crippen LogP) is 2.73. The second kappa shape index (κ2) is 6.41. The second-order valence-electron chi connectivity index (χ2n) is 6.42. The molecule has 1 aliphatic carbocycles. The highest BCUT2D eigenvalue weighted by Gasteiger charge is 2.29. The Hall–Kier alpha value is -0.770. The number of rotatable bonds is 4. The SMILES string of the molecule is CN(C)CCN(C(=O)OC(C)(C)C)C1CCCC1. The maximum Gasteiger partial charge on any atom is 0.410 e. The Morgan fingerprint density at radius 1 is 1.17 bits per heavy atom. The minimum Gasteiger partial charge on any atom is -0.444 e. The van der Waals surface area contributed by atoms with Crippen molar-refractivity contribution in [2.75, 3.05) is 27.2 Å². The molecule has 0 aromatic carbocycles. The number of amides is 1. The van der Waals surface area contributed by atoms with Gasteiger partial charge in [0.2, 0.25) is 0 Å². The molecule has 0 heterocycles. The zero-order valence-corrected chi connectivity index (χ0v) is 12.5. The van der Waals surface area contributed by atoms with Crippen LogP contribution in [0.25, 0.3) is 0 Å². The molecule has 0 aromatic heterocycles. The Kier molecular flexibility index (Phi) is 5.45. The summed E-state index contributed by atoms with van der Waals surface area (Å²) in [5, 5.41) is 0. The number of nitrogens with zero attached hydrogens (tertiary/aromatic N) is 2. The average Bonchev–Trinajstić information content (AvgIpc) is 2.67. The molecule has 106 valence electrons. The normalized spacial score (nSPS) is 17.2. The van der Waals surface area contributed by atoms with Gasteiger partial charge in [0.25, 0.3) is 0 Å². The Labute approximate surface area is 111 Å². The summed E-state index contributed by atoms with van der Waals surface area (Å²) in [4.78, 5) is 16.3. The van der Waals surface area contributed by atoms with Gasteiger partial charge in [-0.05, 0) is 47.7 Å². The monoisotopic (exact) mass is 256 g/mol. The molecule has 0 aliphatic heterocycles. The first-order chi connectivity index (χ1) is 8.29. The largest absolute Gasteiger partial charge is 0.444 e. The van der Waals surface area contributed by atoms with Gasteiger partial charge in [0.15, 0.2) is 0 Å². The van der Waals surface area contributed by atoms with Crippen LogP contribution in [-0.4, -0.2) is 54.7 Å². The van der Waals surface area contributed by atoms with E-state index in [1.807, 2.05) is 39.8 Å². The van der Waals surface area contributed by atoms with E-state index in [0.717, 1.165) is 25.9 Å². The van der Waals surface area contributed by atoms with Crippen LogP contribution in [0.15, 0.2) is 0 Å². The zero-order chi connectivity index (χ0) is 13.8. The predicted molar refractivity (Wildman–Crippen MR) is 73.8 cm³/mol. The summed E-state index contributed by atoms with van der Waals surface area (Å²) in [6.07, 6.45) is 4.54. The summed E-state index contributed by atoms with van der Waals surface area (Å²) in [6, 6.07) is 0.375. The van der Waals surface area contributed by atoms with E-state index in [4.69, 9.17) is 4.74 Å². The van der Waals surface area contributed by atoms with Crippen LogP contribution >= 0.6 is 0 Å². The van der Waals surface area contributed by atoms with Crippen LogP contribution in [0, 0.1) is 0 Å². The number of carbonyl (C=O) groups is 1. The highest BCUT2D eigenvalue weighted by Crippen LogP contribution is 2.25. The van der Waals surface area contributed by atoms with E-state index in [2.05, 4.69) is 4.90 Å². The van der Waals surface area contributed by atoms with E-state index in [9.17, 15) is 4.79 Å². The molecule has 0 radical (unpaired) electrons. The lowest BCUT2D eigenvalue weighted by Crippen LogP contribution is -2.45. The standard InChI is InChI=1S/C14H28N2O2/c1-14(2,3)18-13(17)16(11-10-15(4)5)12-8-6-7-9-12/h12H,6-11H2,1-5H3. The molecule has 0 spiro atoms. The van der Waals surface area contributed by atoms with Gasteiger partial charge in [0, 0.05) is 19.1 Å². The molecular weight excluding hydrogens is 228 g/mol. The number of hydrogen-bond acceptors (Lipinski definition) is 3. The van der Waals surface area contributed by atoms with Crippen molar-refractivity contribution >= 4 is 6.09 Å². The first kappa shape index (κ1) is 15.3. The van der Waals surface area contributed by atoms with E-state index >= 15 is 0 Å². The van der Waals surface area contributed by atoms with Crippen molar-refractivity contribution in [3.05, 3.63) is 0 Å². The van der Waals surface area contributed by atoms with E-state index in [-0.39, 0.29) is 6.09 Å². The topological polar surface area (TPSA) is 32.8 Å². The summed E-state index contributed by atoms with van der Waals surface area (Å²) in [6.45, 7) is 7.40. The Balaban J connectivity index is 2.60. The zero-order valence-electron chi connectivity index (χ0n) is 12.5. The van der Waals surface area contributed by atoms with Crippen LogP contribution in [0.4, 0.5) is 4.79 Å². The average molecular weight is 256 g/mol. The van der Waals surface area contributed by atoms with Gasteiger partial charge in [-0.3, -0.25) is 0 Å². The van der Waals surface area contributed by atoms with Gasteiger partial charge in [-0.1, -0.05) is 12.8 Å². The fraction of sp³-hybridized carbons (Fsp3) is 0.929. The molecule has 1 saturated carbocycles. The second-order valence-corrected chi connectivity index (χ2v) is 6.42. The van der Waals surface area contributed by atoms with Crippen LogP contribution in [0.2, 0.25) is 0 Å². The quantitative estimate of drug-likeness (QED) is 0.775. The van der Waals surface area contributed by atoms with Crippen molar-refractivity contribution in [3.63, 3.8) is 0 Å². The van der Waals surface area contributed by atoms with E-state index < -0.39 is 5.60 Å². The summed E-state index contributed by atoms with van der Waals surface area (Å²) in [5.74, 6) is 0. The number of ether oxygens (including phenoxy) is 1. The van der Waals surface area contributed by atoms with Crippen molar-refractivity contribution in [2.24, 2.45) is 0 Å². The molecule has 0 atom stereocenters. The molecule has 1 amide bonds. The van der Waals surface area contributed by atoms with Crippen molar-refractivity contribution in [1.29, 1.82) is 0 Å². The third-order valence-corrected chi connectivity index (χ3v) is 3.18. The van der Waals surface area contributed by atoms with Gasteiger partial charge >= 0.3 is 6.09 Å². The smallest absolute Gasteiger partial charge is 0.410 e. The van der Waals surface area contributed by atoms with Gasteiger partial charge in [-0.2, -0.15) is 0 Å². The molecule has 18 heavy (non-hydrogen) atoms. The molecule has 0 aromatic rings. The maximum absolute atomic E-state index is 12.2. The van der Waals surface area contributed by atoms with Crippen LogP contribution in [0.5, 0.6) is 0 Å². The first-order valence-electron chi connectivity index (χ1n) is 6.94. The lowest BCUT2D eigenvalue weighted by molar-refractivity contribution is 0.0154. The van der Waals surface area contributed by atoms with Gasteiger partial charge in [-0.15, -0.1) is 0 Å². The van der Waals surface area contributed by atoms with Gasteiger partial charge in [0.05, 0.1) is 0 Å². The third kappa shape index (κ3) is 5.25. The molecule has 0 bridgehead atoms. The summed E-state index contributed by atoms with van der Waals surface area (Å²) in [5.41, 5.74) is -0.411. The lowest BCUT2D eigenvalue weighted by Gasteiger charge is -2.32. The van der Waals surface area contributed by atoms with Crippen LogP contribution in [0.3, 0.4) is 0 Å². The Morgan fingerprint density at radius 3 is 2.17 bits per heavy atom. The minimum absolute atomic E-state index is 0.156. The fourth-order valence-electron chi connectivity index (χ4n) is 2.27. The lowest BCUT2D eigenvalue weighted by atomic mass is 10.2. The number of hydrogen-bond donors (Lipinski definition) is 0. The van der Waals surface area contributed by atoms with Crippen LogP contribution < -0.4 is 0 Å². The van der Waals surface area contributed by atoms with Crippen molar-refractivity contribution in [2.45, 2.75) is 58.1 Å².